The number of sulfonamides is 1. The van der Waals surface area contributed by atoms with Gasteiger partial charge in [-0.15, -0.1) is 0 Å². The van der Waals surface area contributed by atoms with Gasteiger partial charge in [0, 0.05) is 57.0 Å². The van der Waals surface area contributed by atoms with Crippen molar-refractivity contribution >= 4 is 15.9 Å². The van der Waals surface area contributed by atoms with Crippen LogP contribution in [-0.4, -0.2) is 71.1 Å². The van der Waals surface area contributed by atoms with Gasteiger partial charge in [0.1, 0.15) is 0 Å². The van der Waals surface area contributed by atoms with E-state index in [1.165, 1.54) is 10.6 Å². The average molecular weight is 379 g/mol. The van der Waals surface area contributed by atoms with Crippen molar-refractivity contribution in [2.75, 3.05) is 32.4 Å². The second-order valence-electron chi connectivity index (χ2n) is 6.14. The minimum atomic E-state index is -3.22. The quantitative estimate of drug-likeness (QED) is 0.746. The van der Waals surface area contributed by atoms with Crippen LogP contribution in [0.25, 0.3) is 11.4 Å². The molecule has 0 aromatic carbocycles. The van der Waals surface area contributed by atoms with Gasteiger partial charge >= 0.3 is 0 Å². The Morgan fingerprint density at radius 3 is 2.69 bits per heavy atom. The number of hydrogen-bond acceptors (Lipinski definition) is 7. The molecule has 0 saturated carbocycles. The largest absolute Gasteiger partial charge is 0.341 e. The second-order valence-corrected chi connectivity index (χ2v) is 8.13. The second kappa shape index (κ2) is 7.92. The van der Waals surface area contributed by atoms with E-state index in [0.717, 1.165) is 5.56 Å². The van der Waals surface area contributed by atoms with Crippen molar-refractivity contribution in [2.45, 2.75) is 19.3 Å². The summed E-state index contributed by atoms with van der Waals surface area (Å²) in [4.78, 5) is 22.4. The molecule has 2 aromatic heterocycles. The minimum Gasteiger partial charge on any atom is -0.341 e. The maximum absolute atomic E-state index is 12.4. The number of hydrogen-bond donors (Lipinski definition) is 0. The molecule has 0 aliphatic carbocycles. The Morgan fingerprint density at radius 1 is 1.19 bits per heavy atom. The van der Waals surface area contributed by atoms with Crippen molar-refractivity contribution in [1.29, 1.82) is 0 Å². The Bertz CT molecular complexity index is 853. The zero-order chi connectivity index (χ0) is 18.6. The van der Waals surface area contributed by atoms with Gasteiger partial charge in [-0.25, -0.2) is 12.7 Å². The van der Waals surface area contributed by atoms with Crippen LogP contribution in [0.3, 0.4) is 0 Å². The first-order valence-electron chi connectivity index (χ1n) is 8.39. The first-order valence-corrected chi connectivity index (χ1v) is 10.2. The van der Waals surface area contributed by atoms with Crippen LogP contribution in [0.1, 0.15) is 18.7 Å². The van der Waals surface area contributed by atoms with Gasteiger partial charge in [-0.2, -0.15) is 4.98 Å². The zero-order valence-electron chi connectivity index (χ0n) is 14.5. The number of aryl methyl sites for hydroxylation is 1. The Hall–Kier alpha value is -2.33. The summed E-state index contributed by atoms with van der Waals surface area (Å²) in [5.74, 6) is 0.829. The molecule has 1 amide bonds. The average Bonchev–Trinajstić information content (AvgIpc) is 2.94. The highest BCUT2D eigenvalue weighted by Crippen LogP contribution is 2.15. The molecule has 140 valence electrons. The summed E-state index contributed by atoms with van der Waals surface area (Å²) in [6.07, 6.45) is 5.72. The summed E-state index contributed by atoms with van der Waals surface area (Å²) >= 11 is 0. The summed E-state index contributed by atoms with van der Waals surface area (Å²) in [6.45, 7) is 1.73. The summed E-state index contributed by atoms with van der Waals surface area (Å²) in [6, 6.07) is 3.56. The fourth-order valence-electron chi connectivity index (χ4n) is 2.82. The third-order valence-corrected chi connectivity index (χ3v) is 5.54. The monoisotopic (exact) mass is 379 g/mol. The Morgan fingerprint density at radius 2 is 1.96 bits per heavy atom. The maximum Gasteiger partial charge on any atom is 0.227 e. The normalized spacial score (nSPS) is 16.4. The van der Waals surface area contributed by atoms with Crippen molar-refractivity contribution in [3.05, 3.63) is 30.4 Å². The number of amides is 1. The number of nitrogens with zero attached hydrogens (tertiary/aromatic N) is 5. The number of aromatic nitrogens is 3. The molecular weight excluding hydrogens is 358 g/mol. The van der Waals surface area contributed by atoms with Crippen molar-refractivity contribution in [1.82, 2.24) is 24.3 Å². The molecule has 2 aromatic rings. The molecule has 3 rings (SSSR count). The van der Waals surface area contributed by atoms with Gasteiger partial charge in [-0.3, -0.25) is 9.78 Å². The molecule has 0 bridgehead atoms. The molecule has 1 aliphatic heterocycles. The third kappa shape index (κ3) is 4.64. The van der Waals surface area contributed by atoms with Crippen LogP contribution >= 0.6 is 0 Å². The van der Waals surface area contributed by atoms with Crippen LogP contribution in [-0.2, 0) is 21.2 Å². The first-order chi connectivity index (χ1) is 12.4. The smallest absolute Gasteiger partial charge is 0.227 e. The van der Waals surface area contributed by atoms with Gasteiger partial charge in [0.25, 0.3) is 0 Å². The lowest BCUT2D eigenvalue weighted by Gasteiger charge is -2.20. The van der Waals surface area contributed by atoms with E-state index >= 15 is 0 Å². The molecule has 0 spiro atoms. The summed E-state index contributed by atoms with van der Waals surface area (Å²) < 4.78 is 29.9. The molecule has 1 fully saturated rings. The highest BCUT2D eigenvalue weighted by molar-refractivity contribution is 7.88. The van der Waals surface area contributed by atoms with E-state index in [-0.39, 0.29) is 12.3 Å². The van der Waals surface area contributed by atoms with Crippen LogP contribution in [0.15, 0.2) is 29.0 Å². The number of carbonyl (C=O) groups is 1. The summed E-state index contributed by atoms with van der Waals surface area (Å²) in [5.41, 5.74) is 0.801. The molecule has 0 unspecified atom stereocenters. The summed E-state index contributed by atoms with van der Waals surface area (Å²) in [7, 11) is -3.22. The molecular formula is C16H21N5O4S. The van der Waals surface area contributed by atoms with E-state index in [4.69, 9.17) is 4.52 Å². The van der Waals surface area contributed by atoms with Crippen molar-refractivity contribution in [2.24, 2.45) is 0 Å². The predicted molar refractivity (Wildman–Crippen MR) is 93.5 cm³/mol. The molecule has 9 nitrogen and oxygen atoms in total. The number of pyridine rings is 1. The van der Waals surface area contributed by atoms with Gasteiger partial charge in [0.2, 0.25) is 27.6 Å². The fraction of sp³-hybridized carbons (Fsp3) is 0.500. The van der Waals surface area contributed by atoms with Crippen molar-refractivity contribution in [3.8, 4) is 11.4 Å². The van der Waals surface area contributed by atoms with Crippen LogP contribution < -0.4 is 0 Å². The zero-order valence-corrected chi connectivity index (χ0v) is 15.4. The molecule has 0 radical (unpaired) electrons. The highest BCUT2D eigenvalue weighted by Gasteiger charge is 2.24. The minimum absolute atomic E-state index is 0.0380. The Kier molecular flexibility index (Phi) is 5.62. The lowest BCUT2D eigenvalue weighted by molar-refractivity contribution is -0.131. The van der Waals surface area contributed by atoms with Crippen molar-refractivity contribution < 1.29 is 17.7 Å². The van der Waals surface area contributed by atoms with E-state index < -0.39 is 10.0 Å². The van der Waals surface area contributed by atoms with Gasteiger partial charge in [0.05, 0.1) is 6.26 Å². The topological polar surface area (TPSA) is 110 Å². The van der Waals surface area contributed by atoms with Crippen LogP contribution in [0.4, 0.5) is 0 Å². The third-order valence-electron chi connectivity index (χ3n) is 4.24. The molecule has 3 heterocycles. The van der Waals surface area contributed by atoms with E-state index in [9.17, 15) is 13.2 Å². The van der Waals surface area contributed by atoms with Gasteiger partial charge in [0.15, 0.2) is 0 Å². The SMILES string of the molecule is CS(=O)(=O)N1CCCN(C(=O)CCc2nc(-c3ccncc3)no2)CC1. The maximum atomic E-state index is 12.4. The van der Waals surface area contributed by atoms with E-state index in [1.54, 1.807) is 29.4 Å². The van der Waals surface area contributed by atoms with Gasteiger partial charge in [-0.1, -0.05) is 5.16 Å². The number of rotatable bonds is 5. The highest BCUT2D eigenvalue weighted by atomic mass is 32.2. The molecule has 26 heavy (non-hydrogen) atoms. The molecule has 0 atom stereocenters. The van der Waals surface area contributed by atoms with Gasteiger partial charge in [-0.05, 0) is 18.6 Å². The molecule has 0 N–H and O–H groups in total. The summed E-state index contributed by atoms with van der Waals surface area (Å²) in [5, 5.41) is 3.92. The predicted octanol–water partition coefficient (Wildman–Crippen LogP) is 0.558. The van der Waals surface area contributed by atoms with Crippen LogP contribution in [0.2, 0.25) is 0 Å². The first kappa shape index (κ1) is 18.5. The molecule has 1 saturated heterocycles. The van der Waals surface area contributed by atoms with E-state index in [0.29, 0.717) is 50.7 Å². The van der Waals surface area contributed by atoms with E-state index in [1.807, 2.05) is 0 Å². The van der Waals surface area contributed by atoms with E-state index in [2.05, 4.69) is 15.1 Å². The molecule has 10 heteroatoms. The Balaban J connectivity index is 1.54. The lowest BCUT2D eigenvalue weighted by Crippen LogP contribution is -2.37. The Labute approximate surface area is 152 Å². The lowest BCUT2D eigenvalue weighted by atomic mass is 10.2. The standard InChI is InChI=1S/C16H21N5O4S/c1-26(23,24)21-10-2-9-20(11-12-21)15(22)4-3-14-18-16(19-25-14)13-5-7-17-8-6-13/h5-8H,2-4,9-12H2,1H3. The fourth-order valence-corrected chi connectivity index (χ4v) is 3.70. The molecule has 1 aliphatic rings. The van der Waals surface area contributed by atoms with Crippen LogP contribution in [0, 0.1) is 0 Å². The van der Waals surface area contributed by atoms with Crippen molar-refractivity contribution in [3.63, 3.8) is 0 Å². The van der Waals surface area contributed by atoms with Gasteiger partial charge < -0.3 is 9.42 Å². The number of carbonyl (C=O) groups excluding carboxylic acids is 1. The van der Waals surface area contributed by atoms with Crippen LogP contribution in [0.5, 0.6) is 0 Å².